The third-order valence-corrected chi connectivity index (χ3v) is 7.22. The number of hydrogen-bond acceptors (Lipinski definition) is 5. The lowest BCUT2D eigenvalue weighted by atomic mass is 10.1. The van der Waals surface area contributed by atoms with Gasteiger partial charge in [0, 0.05) is 25.2 Å². The van der Waals surface area contributed by atoms with Gasteiger partial charge in [-0.05, 0) is 42.7 Å². The number of rotatable bonds is 7. The quantitative estimate of drug-likeness (QED) is 0.695. The number of nitrogens with one attached hydrogen (secondary N) is 1. The number of halogens is 1. The Bertz CT molecular complexity index is 1000. The van der Waals surface area contributed by atoms with Gasteiger partial charge in [-0.3, -0.25) is 4.79 Å². The molecule has 1 N–H and O–H groups in total. The van der Waals surface area contributed by atoms with Crippen LogP contribution in [-0.2, 0) is 16.6 Å². The van der Waals surface area contributed by atoms with Crippen molar-refractivity contribution in [1.82, 2.24) is 9.62 Å². The summed E-state index contributed by atoms with van der Waals surface area (Å²) in [7, 11) is -0.528. The highest BCUT2D eigenvalue weighted by molar-refractivity contribution is 7.89. The number of benzene rings is 2. The molecule has 30 heavy (non-hydrogen) atoms. The summed E-state index contributed by atoms with van der Waals surface area (Å²) in [4.78, 5) is 12.8. The lowest BCUT2D eigenvalue weighted by Gasteiger charge is -2.25. The van der Waals surface area contributed by atoms with E-state index in [0.29, 0.717) is 30.2 Å². The predicted octanol–water partition coefficient (Wildman–Crippen LogP) is 3.46. The average Bonchev–Trinajstić information content (AvgIpc) is 2.77. The Labute approximate surface area is 182 Å². The topological polar surface area (TPSA) is 84.9 Å². The van der Waals surface area contributed by atoms with Gasteiger partial charge in [-0.15, -0.1) is 0 Å². The SMILES string of the molecule is COc1cc(C(=O)NCc2ccc(S(=O)(=O)N3CCCCC3)cc2)cc(Cl)c1OC. The largest absolute Gasteiger partial charge is 0.493 e. The summed E-state index contributed by atoms with van der Waals surface area (Å²) in [5.74, 6) is 0.395. The summed E-state index contributed by atoms with van der Waals surface area (Å²) in [5.41, 5.74) is 1.12. The van der Waals surface area contributed by atoms with Crippen LogP contribution in [0.4, 0.5) is 0 Å². The molecule has 162 valence electrons. The predicted molar refractivity (Wildman–Crippen MR) is 115 cm³/mol. The minimum Gasteiger partial charge on any atom is -0.493 e. The zero-order chi connectivity index (χ0) is 21.7. The molecular weight excluding hydrogens is 428 g/mol. The second-order valence-corrected chi connectivity index (χ2v) is 9.33. The number of nitrogens with zero attached hydrogens (tertiary/aromatic N) is 1. The van der Waals surface area contributed by atoms with Gasteiger partial charge in [0.15, 0.2) is 11.5 Å². The van der Waals surface area contributed by atoms with Gasteiger partial charge in [0.1, 0.15) is 0 Å². The molecule has 0 radical (unpaired) electrons. The maximum absolute atomic E-state index is 12.7. The van der Waals surface area contributed by atoms with Gasteiger partial charge in [0.05, 0.1) is 24.1 Å². The Balaban J connectivity index is 1.66. The van der Waals surface area contributed by atoms with Crippen molar-refractivity contribution in [3.63, 3.8) is 0 Å². The van der Waals surface area contributed by atoms with Crippen LogP contribution in [0.5, 0.6) is 11.5 Å². The number of carbonyl (C=O) groups excluding carboxylic acids is 1. The fourth-order valence-corrected chi connectivity index (χ4v) is 5.17. The molecular formula is C21H25ClN2O5S. The second kappa shape index (κ2) is 9.68. The molecule has 0 unspecified atom stereocenters. The van der Waals surface area contributed by atoms with Crippen molar-refractivity contribution >= 4 is 27.5 Å². The van der Waals surface area contributed by atoms with Crippen LogP contribution in [0, 0.1) is 0 Å². The molecule has 1 heterocycles. The zero-order valence-corrected chi connectivity index (χ0v) is 18.6. The minimum absolute atomic E-state index is 0.245. The fourth-order valence-electron chi connectivity index (χ4n) is 3.37. The van der Waals surface area contributed by atoms with Crippen molar-refractivity contribution < 1.29 is 22.7 Å². The monoisotopic (exact) mass is 452 g/mol. The molecule has 0 saturated carbocycles. The Morgan fingerprint density at radius 3 is 2.33 bits per heavy atom. The van der Waals surface area contributed by atoms with E-state index >= 15 is 0 Å². The summed E-state index contributed by atoms with van der Waals surface area (Å²) in [6, 6.07) is 9.63. The van der Waals surface area contributed by atoms with Crippen molar-refractivity contribution in [3.05, 3.63) is 52.5 Å². The molecule has 1 saturated heterocycles. The van der Waals surface area contributed by atoms with Crippen molar-refractivity contribution in [2.75, 3.05) is 27.3 Å². The van der Waals surface area contributed by atoms with Gasteiger partial charge in [0.25, 0.3) is 5.91 Å². The lowest BCUT2D eigenvalue weighted by Crippen LogP contribution is -2.35. The summed E-state index contributed by atoms with van der Waals surface area (Å²) < 4.78 is 37.4. The summed E-state index contributed by atoms with van der Waals surface area (Å²) >= 11 is 6.15. The Kier molecular flexibility index (Phi) is 7.23. The third kappa shape index (κ3) is 4.88. The van der Waals surface area contributed by atoms with E-state index in [1.807, 2.05) is 0 Å². The number of amides is 1. The molecule has 2 aromatic rings. The van der Waals surface area contributed by atoms with Gasteiger partial charge in [-0.1, -0.05) is 30.2 Å². The third-order valence-electron chi connectivity index (χ3n) is 5.02. The molecule has 0 spiro atoms. The number of piperidine rings is 1. The molecule has 3 rings (SSSR count). The number of methoxy groups -OCH3 is 2. The molecule has 1 aliphatic rings. The summed E-state index contributed by atoms with van der Waals surface area (Å²) in [5, 5.41) is 3.07. The molecule has 0 aliphatic carbocycles. The van der Waals surface area contributed by atoms with Crippen molar-refractivity contribution in [1.29, 1.82) is 0 Å². The van der Waals surface area contributed by atoms with E-state index < -0.39 is 10.0 Å². The van der Waals surface area contributed by atoms with Gasteiger partial charge in [0.2, 0.25) is 10.0 Å². The van der Waals surface area contributed by atoms with Gasteiger partial charge in [-0.2, -0.15) is 4.31 Å². The maximum Gasteiger partial charge on any atom is 0.251 e. The van der Waals surface area contributed by atoms with E-state index in [4.69, 9.17) is 21.1 Å². The van der Waals surface area contributed by atoms with Crippen LogP contribution in [0.25, 0.3) is 0 Å². The van der Waals surface area contributed by atoms with Crippen molar-refractivity contribution in [2.45, 2.75) is 30.7 Å². The first kappa shape index (κ1) is 22.4. The van der Waals surface area contributed by atoms with E-state index in [2.05, 4.69) is 5.32 Å². The van der Waals surface area contributed by atoms with Crippen LogP contribution in [-0.4, -0.2) is 45.9 Å². The molecule has 2 aromatic carbocycles. The number of carbonyl (C=O) groups is 1. The van der Waals surface area contributed by atoms with Crippen LogP contribution in [0.1, 0.15) is 35.2 Å². The first-order chi connectivity index (χ1) is 14.4. The van der Waals surface area contributed by atoms with Crippen LogP contribution in [0.15, 0.2) is 41.3 Å². The molecule has 0 atom stereocenters. The van der Waals surface area contributed by atoms with E-state index in [9.17, 15) is 13.2 Å². The standard InChI is InChI=1S/C21H25ClN2O5S/c1-28-19-13-16(12-18(22)20(19)29-2)21(25)23-14-15-6-8-17(9-7-15)30(26,27)24-10-4-3-5-11-24/h6-9,12-13H,3-5,10-11,14H2,1-2H3,(H,23,25). The highest BCUT2D eigenvalue weighted by Gasteiger charge is 2.25. The molecule has 1 fully saturated rings. The van der Waals surface area contributed by atoms with E-state index in [0.717, 1.165) is 24.8 Å². The van der Waals surface area contributed by atoms with Crippen LogP contribution in [0.2, 0.25) is 5.02 Å². The first-order valence-corrected chi connectivity index (χ1v) is 11.5. The van der Waals surface area contributed by atoms with E-state index in [1.165, 1.54) is 24.6 Å². The molecule has 7 nitrogen and oxygen atoms in total. The maximum atomic E-state index is 12.7. The molecule has 0 bridgehead atoms. The Morgan fingerprint density at radius 2 is 1.73 bits per heavy atom. The highest BCUT2D eigenvalue weighted by Crippen LogP contribution is 2.36. The van der Waals surface area contributed by atoms with Crippen molar-refractivity contribution in [2.24, 2.45) is 0 Å². The summed E-state index contributed by atoms with van der Waals surface area (Å²) in [6.07, 6.45) is 2.85. The Hall–Kier alpha value is -2.29. The zero-order valence-electron chi connectivity index (χ0n) is 17.0. The fraction of sp³-hybridized carbons (Fsp3) is 0.381. The van der Waals surface area contributed by atoms with Crippen LogP contribution < -0.4 is 14.8 Å². The molecule has 0 aromatic heterocycles. The van der Waals surface area contributed by atoms with Gasteiger partial charge >= 0.3 is 0 Å². The molecule has 1 amide bonds. The number of hydrogen-bond donors (Lipinski definition) is 1. The Morgan fingerprint density at radius 1 is 1.07 bits per heavy atom. The second-order valence-electron chi connectivity index (χ2n) is 6.98. The molecule has 1 aliphatic heterocycles. The van der Waals surface area contributed by atoms with E-state index in [1.54, 1.807) is 30.3 Å². The first-order valence-electron chi connectivity index (χ1n) is 9.65. The number of ether oxygens (including phenoxy) is 2. The van der Waals surface area contributed by atoms with Crippen molar-refractivity contribution in [3.8, 4) is 11.5 Å². The van der Waals surface area contributed by atoms with Crippen LogP contribution in [0.3, 0.4) is 0 Å². The molecule has 9 heteroatoms. The van der Waals surface area contributed by atoms with Gasteiger partial charge in [-0.25, -0.2) is 8.42 Å². The highest BCUT2D eigenvalue weighted by atomic mass is 35.5. The lowest BCUT2D eigenvalue weighted by molar-refractivity contribution is 0.0950. The summed E-state index contributed by atoms with van der Waals surface area (Å²) in [6.45, 7) is 1.37. The number of sulfonamides is 1. The smallest absolute Gasteiger partial charge is 0.251 e. The average molecular weight is 453 g/mol. The van der Waals surface area contributed by atoms with Crippen LogP contribution >= 0.6 is 11.6 Å². The normalized spacial score (nSPS) is 14.9. The minimum atomic E-state index is -3.47. The van der Waals surface area contributed by atoms with E-state index in [-0.39, 0.29) is 22.4 Å². The van der Waals surface area contributed by atoms with Gasteiger partial charge < -0.3 is 14.8 Å².